The fraction of sp³-hybridized carbons (Fsp3) is 0.136. The number of anilines is 3. The molecule has 0 atom stereocenters. The number of carbonyl (C=O) groups is 1. The molecule has 0 aliphatic heterocycles. The number of urea groups is 1. The monoisotopic (exact) mass is 421 g/mol. The Balaban J connectivity index is 1.60. The van der Waals surface area contributed by atoms with Gasteiger partial charge in [-0.15, -0.1) is 11.3 Å². The number of aromatic nitrogens is 2. The molecule has 2 aromatic carbocycles. The summed E-state index contributed by atoms with van der Waals surface area (Å²) in [5.74, 6) is -0.188. The van der Waals surface area contributed by atoms with Crippen LogP contribution in [0.4, 0.5) is 26.4 Å². The summed E-state index contributed by atoms with van der Waals surface area (Å²) < 4.78 is 14.8. The average Bonchev–Trinajstić information content (AvgIpc) is 2.99. The molecule has 0 saturated heterocycles. The first kappa shape index (κ1) is 19.8. The lowest BCUT2D eigenvalue weighted by Gasteiger charge is -2.11. The Morgan fingerprint density at radius 3 is 2.47 bits per heavy atom. The predicted molar refractivity (Wildman–Crippen MR) is 121 cm³/mol. The van der Waals surface area contributed by atoms with Gasteiger partial charge in [-0.2, -0.15) is 0 Å². The molecule has 0 radical (unpaired) electrons. The molecule has 0 spiro atoms. The van der Waals surface area contributed by atoms with Gasteiger partial charge in [0.1, 0.15) is 22.8 Å². The van der Waals surface area contributed by atoms with Crippen LogP contribution < -0.4 is 16.4 Å². The molecular weight excluding hydrogens is 401 g/mol. The normalized spacial score (nSPS) is 10.9. The molecule has 2 aromatic heterocycles. The van der Waals surface area contributed by atoms with Crippen LogP contribution >= 0.6 is 11.3 Å². The molecule has 152 valence electrons. The van der Waals surface area contributed by atoms with E-state index in [-0.39, 0.29) is 5.69 Å². The van der Waals surface area contributed by atoms with Crippen LogP contribution in [0.2, 0.25) is 0 Å². The highest BCUT2D eigenvalue weighted by atomic mass is 32.1. The van der Waals surface area contributed by atoms with Crippen LogP contribution in [0.15, 0.2) is 42.7 Å². The van der Waals surface area contributed by atoms with E-state index in [9.17, 15) is 9.18 Å². The van der Waals surface area contributed by atoms with Gasteiger partial charge in [0, 0.05) is 16.1 Å². The van der Waals surface area contributed by atoms with Crippen LogP contribution in [0, 0.1) is 26.6 Å². The third kappa shape index (κ3) is 3.81. The molecule has 8 heteroatoms. The van der Waals surface area contributed by atoms with Crippen molar-refractivity contribution < 1.29 is 9.18 Å². The van der Waals surface area contributed by atoms with Crippen molar-refractivity contribution in [3.8, 4) is 11.1 Å². The third-order valence-electron chi connectivity index (χ3n) is 4.68. The van der Waals surface area contributed by atoms with Gasteiger partial charge < -0.3 is 16.4 Å². The topological polar surface area (TPSA) is 92.9 Å². The zero-order valence-corrected chi connectivity index (χ0v) is 17.5. The first-order valence-electron chi connectivity index (χ1n) is 9.27. The second-order valence-corrected chi connectivity index (χ2v) is 8.33. The van der Waals surface area contributed by atoms with Crippen molar-refractivity contribution in [1.29, 1.82) is 0 Å². The van der Waals surface area contributed by atoms with Gasteiger partial charge in [-0.3, -0.25) is 0 Å². The molecule has 4 aromatic rings. The minimum Gasteiger partial charge on any atom is -0.383 e. The molecule has 30 heavy (non-hydrogen) atoms. The van der Waals surface area contributed by atoms with Crippen molar-refractivity contribution in [3.63, 3.8) is 0 Å². The first-order chi connectivity index (χ1) is 14.3. The lowest BCUT2D eigenvalue weighted by molar-refractivity contribution is 0.262. The summed E-state index contributed by atoms with van der Waals surface area (Å²) in [4.78, 5) is 22.3. The molecule has 4 rings (SSSR count). The highest BCUT2D eigenvalue weighted by molar-refractivity contribution is 7.19. The number of halogens is 1. The molecule has 0 unspecified atom stereocenters. The molecule has 4 N–H and O–H groups in total. The quantitative estimate of drug-likeness (QED) is 0.399. The number of benzene rings is 2. The van der Waals surface area contributed by atoms with E-state index in [2.05, 4.69) is 20.6 Å². The number of hydrogen-bond acceptors (Lipinski definition) is 5. The fourth-order valence-electron chi connectivity index (χ4n) is 3.52. The maximum Gasteiger partial charge on any atom is 0.323 e. The second kappa shape index (κ2) is 7.72. The number of rotatable bonds is 3. The summed E-state index contributed by atoms with van der Waals surface area (Å²) in [5, 5.41) is 6.01. The van der Waals surface area contributed by atoms with Gasteiger partial charge in [-0.1, -0.05) is 12.1 Å². The maximum absolute atomic E-state index is 14.8. The van der Waals surface area contributed by atoms with Crippen molar-refractivity contribution in [2.24, 2.45) is 0 Å². The molecule has 0 aliphatic rings. The smallest absolute Gasteiger partial charge is 0.323 e. The summed E-state index contributed by atoms with van der Waals surface area (Å²) in [7, 11) is 0. The molecule has 2 amide bonds. The van der Waals surface area contributed by atoms with E-state index in [1.54, 1.807) is 6.07 Å². The van der Waals surface area contributed by atoms with Crippen molar-refractivity contribution >= 4 is 44.8 Å². The summed E-state index contributed by atoms with van der Waals surface area (Å²) in [5.41, 5.74) is 10.3. The number of carbonyl (C=O) groups excluding carboxylic acids is 1. The van der Waals surface area contributed by atoms with Crippen LogP contribution in [0.25, 0.3) is 21.3 Å². The Labute approximate surface area is 177 Å². The molecule has 0 aliphatic carbocycles. The highest BCUT2D eigenvalue weighted by Gasteiger charge is 2.17. The minimum atomic E-state index is -0.544. The molecule has 2 heterocycles. The minimum absolute atomic E-state index is 0.0852. The van der Waals surface area contributed by atoms with E-state index >= 15 is 0 Å². The van der Waals surface area contributed by atoms with Crippen molar-refractivity contribution in [1.82, 2.24) is 9.97 Å². The van der Waals surface area contributed by atoms with Crippen LogP contribution in [-0.2, 0) is 0 Å². The van der Waals surface area contributed by atoms with E-state index in [1.165, 1.54) is 29.8 Å². The van der Waals surface area contributed by atoms with E-state index in [0.717, 1.165) is 26.4 Å². The molecule has 6 nitrogen and oxygen atoms in total. The third-order valence-corrected chi connectivity index (χ3v) is 5.69. The number of aryl methyl sites for hydroxylation is 3. The number of nitrogens with one attached hydrogen (secondary N) is 2. The SMILES string of the molecule is Cc1cc(C)cc(NC(=O)Nc2ccc(-c3c(C)sc4ncnc(N)c34)cc2F)c1. The standard InChI is InChI=1S/C22H20FN5OS/c1-11-6-12(2)8-15(7-11)27-22(29)28-17-5-4-14(9-16(17)23)18-13(3)30-21-19(18)20(24)25-10-26-21/h4-10H,1-3H3,(H2,24,25,26)(H2,27,28,29). The van der Waals surface area contributed by atoms with Gasteiger partial charge in [0.15, 0.2) is 0 Å². The summed E-state index contributed by atoms with van der Waals surface area (Å²) >= 11 is 1.48. The molecule has 0 saturated carbocycles. The van der Waals surface area contributed by atoms with Crippen LogP contribution in [0.3, 0.4) is 0 Å². The van der Waals surface area contributed by atoms with Gasteiger partial charge in [0.2, 0.25) is 0 Å². The molecular formula is C22H20FN5OS. The van der Waals surface area contributed by atoms with Crippen molar-refractivity contribution in [2.45, 2.75) is 20.8 Å². The maximum atomic E-state index is 14.8. The number of nitrogen functional groups attached to an aromatic ring is 1. The number of hydrogen-bond donors (Lipinski definition) is 3. The molecule has 0 bridgehead atoms. The predicted octanol–water partition coefficient (Wildman–Crippen LogP) is 5.65. The van der Waals surface area contributed by atoms with E-state index < -0.39 is 11.8 Å². The Morgan fingerprint density at radius 1 is 1.03 bits per heavy atom. The lowest BCUT2D eigenvalue weighted by Crippen LogP contribution is -2.20. The van der Waals surface area contributed by atoms with Crippen LogP contribution in [0.5, 0.6) is 0 Å². The zero-order valence-electron chi connectivity index (χ0n) is 16.7. The molecule has 0 fully saturated rings. The number of amides is 2. The lowest BCUT2D eigenvalue weighted by atomic mass is 10.0. The largest absolute Gasteiger partial charge is 0.383 e. The van der Waals surface area contributed by atoms with Crippen molar-refractivity contribution in [2.75, 3.05) is 16.4 Å². The summed E-state index contributed by atoms with van der Waals surface area (Å²) in [6.45, 7) is 5.83. The Hall–Kier alpha value is -3.52. The average molecular weight is 422 g/mol. The van der Waals surface area contributed by atoms with Crippen molar-refractivity contribution in [3.05, 3.63) is 64.5 Å². The van der Waals surface area contributed by atoms with E-state index in [0.29, 0.717) is 22.5 Å². The Kier molecular flexibility index (Phi) is 5.09. The van der Waals surface area contributed by atoms with Crippen LogP contribution in [-0.4, -0.2) is 16.0 Å². The number of thiophene rings is 1. The Morgan fingerprint density at radius 2 is 1.77 bits per heavy atom. The fourth-order valence-corrected chi connectivity index (χ4v) is 4.54. The van der Waals surface area contributed by atoms with Gasteiger partial charge in [0.05, 0.1) is 11.1 Å². The highest BCUT2D eigenvalue weighted by Crippen LogP contribution is 2.40. The summed E-state index contributed by atoms with van der Waals surface area (Å²) in [6, 6.07) is 9.86. The Bertz CT molecular complexity index is 1260. The zero-order chi connectivity index (χ0) is 21.4. The summed E-state index contributed by atoms with van der Waals surface area (Å²) in [6.07, 6.45) is 1.42. The number of nitrogens with zero attached hydrogens (tertiary/aromatic N) is 2. The van der Waals surface area contributed by atoms with Gasteiger partial charge in [-0.05, 0) is 61.7 Å². The van der Waals surface area contributed by atoms with Gasteiger partial charge in [-0.25, -0.2) is 19.2 Å². The van der Waals surface area contributed by atoms with Gasteiger partial charge >= 0.3 is 6.03 Å². The van der Waals surface area contributed by atoms with Gasteiger partial charge in [0.25, 0.3) is 0 Å². The first-order valence-corrected chi connectivity index (χ1v) is 10.1. The van der Waals surface area contributed by atoms with E-state index in [1.807, 2.05) is 39.0 Å². The number of nitrogens with two attached hydrogens (primary N) is 1. The van der Waals surface area contributed by atoms with E-state index in [4.69, 9.17) is 5.73 Å². The van der Waals surface area contributed by atoms with Crippen LogP contribution in [0.1, 0.15) is 16.0 Å². The second-order valence-electron chi connectivity index (χ2n) is 7.12. The number of fused-ring (bicyclic) bond motifs is 1.